The molecule has 28 heavy (non-hydrogen) atoms. The number of hydrogen-bond donors (Lipinski definition) is 0. The highest BCUT2D eigenvalue weighted by molar-refractivity contribution is 6.30. The minimum absolute atomic E-state index is 0.0832. The van der Waals surface area contributed by atoms with Gasteiger partial charge >= 0.3 is 0 Å². The molecular formula is C22H19ClF2O3. The summed E-state index contributed by atoms with van der Waals surface area (Å²) in [6, 6.07) is 7.72. The lowest BCUT2D eigenvalue weighted by Gasteiger charge is -2.34. The van der Waals surface area contributed by atoms with Crippen molar-refractivity contribution < 1.29 is 23.1 Å². The molecule has 0 aliphatic carbocycles. The van der Waals surface area contributed by atoms with E-state index in [-0.39, 0.29) is 22.2 Å². The zero-order valence-corrected chi connectivity index (χ0v) is 16.3. The summed E-state index contributed by atoms with van der Waals surface area (Å²) < 4.78 is 33.9. The Morgan fingerprint density at radius 1 is 1.18 bits per heavy atom. The van der Waals surface area contributed by atoms with Gasteiger partial charge in [0, 0.05) is 5.56 Å². The first-order valence-corrected chi connectivity index (χ1v) is 9.67. The van der Waals surface area contributed by atoms with E-state index in [1.54, 1.807) is 25.1 Å². The molecule has 146 valence electrons. The highest BCUT2D eigenvalue weighted by atomic mass is 35.5. The maximum absolute atomic E-state index is 14.3. The van der Waals surface area contributed by atoms with Gasteiger partial charge in [0.2, 0.25) is 0 Å². The summed E-state index contributed by atoms with van der Waals surface area (Å²) in [5.41, 5.74) is 0.995. The van der Waals surface area contributed by atoms with Crippen LogP contribution in [0.5, 0.6) is 0 Å². The molecule has 2 heterocycles. The number of carbonyl (C=O) groups excluding carboxylic acids is 2. The Balaban J connectivity index is 1.80. The molecular weight excluding hydrogens is 386 g/mol. The van der Waals surface area contributed by atoms with Crippen molar-refractivity contribution in [3.63, 3.8) is 0 Å². The molecule has 0 saturated carbocycles. The first-order chi connectivity index (χ1) is 13.3. The molecule has 0 aromatic heterocycles. The molecule has 0 amide bonds. The Morgan fingerprint density at radius 2 is 1.93 bits per heavy atom. The van der Waals surface area contributed by atoms with Crippen LogP contribution in [0, 0.1) is 11.6 Å². The van der Waals surface area contributed by atoms with E-state index in [2.05, 4.69) is 0 Å². The summed E-state index contributed by atoms with van der Waals surface area (Å²) >= 11 is 5.64. The van der Waals surface area contributed by atoms with Gasteiger partial charge in [0.25, 0.3) is 0 Å². The fourth-order valence-corrected chi connectivity index (χ4v) is 4.39. The van der Waals surface area contributed by atoms with Crippen molar-refractivity contribution in [1.29, 1.82) is 0 Å². The molecule has 2 aromatic rings. The fraction of sp³-hybridized carbons (Fsp3) is 0.364. The van der Waals surface area contributed by atoms with Gasteiger partial charge in [0.15, 0.2) is 23.2 Å². The van der Waals surface area contributed by atoms with Crippen molar-refractivity contribution in [3.8, 4) is 11.1 Å². The van der Waals surface area contributed by atoms with Crippen molar-refractivity contribution in [2.24, 2.45) is 0 Å². The quantitative estimate of drug-likeness (QED) is 0.533. The SMILES string of the molecule is CCc1cc(-c2ccc(Cl)c(F)c2F)ccc1C1C(=O)[C@@H]2CC[C@@](C)(O2)C1=O. The van der Waals surface area contributed by atoms with Crippen molar-refractivity contribution in [2.75, 3.05) is 0 Å². The van der Waals surface area contributed by atoms with Gasteiger partial charge in [0.1, 0.15) is 17.6 Å². The molecule has 0 spiro atoms. The van der Waals surface area contributed by atoms with Crippen LogP contribution >= 0.6 is 11.6 Å². The highest BCUT2D eigenvalue weighted by Gasteiger charge is 2.55. The van der Waals surface area contributed by atoms with E-state index in [4.69, 9.17) is 16.3 Å². The third-order valence-corrected chi connectivity index (χ3v) is 6.14. The minimum Gasteiger partial charge on any atom is -0.356 e. The van der Waals surface area contributed by atoms with Crippen LogP contribution in [0.2, 0.25) is 5.02 Å². The van der Waals surface area contributed by atoms with Crippen LogP contribution in [0.3, 0.4) is 0 Å². The van der Waals surface area contributed by atoms with Gasteiger partial charge in [-0.05, 0) is 55.0 Å². The molecule has 2 aliphatic rings. The van der Waals surface area contributed by atoms with Crippen LogP contribution in [0.25, 0.3) is 11.1 Å². The lowest BCUT2D eigenvalue weighted by atomic mass is 9.78. The number of benzene rings is 2. The normalized spacial score (nSPS) is 26.8. The van der Waals surface area contributed by atoms with Gasteiger partial charge in [0.05, 0.1) is 5.02 Å². The molecule has 2 aliphatic heterocycles. The fourth-order valence-electron chi connectivity index (χ4n) is 4.24. The topological polar surface area (TPSA) is 43.4 Å². The number of rotatable bonds is 3. The van der Waals surface area contributed by atoms with E-state index in [9.17, 15) is 18.4 Å². The predicted molar refractivity (Wildman–Crippen MR) is 101 cm³/mol. The van der Waals surface area contributed by atoms with Crippen molar-refractivity contribution in [1.82, 2.24) is 0 Å². The van der Waals surface area contributed by atoms with E-state index in [1.807, 2.05) is 6.92 Å². The summed E-state index contributed by atoms with van der Waals surface area (Å²) in [6.45, 7) is 3.63. The Kier molecular flexibility index (Phi) is 4.63. The smallest absolute Gasteiger partial charge is 0.179 e. The zero-order valence-electron chi connectivity index (χ0n) is 15.5. The van der Waals surface area contributed by atoms with Crippen LogP contribution in [0.1, 0.15) is 43.7 Å². The van der Waals surface area contributed by atoms with Gasteiger partial charge < -0.3 is 4.74 Å². The second-order valence-electron chi connectivity index (χ2n) is 7.57. The Bertz CT molecular complexity index is 1000. The molecule has 2 aromatic carbocycles. The molecule has 0 N–H and O–H groups in total. The van der Waals surface area contributed by atoms with E-state index < -0.39 is 29.3 Å². The first-order valence-electron chi connectivity index (χ1n) is 9.29. The summed E-state index contributed by atoms with van der Waals surface area (Å²) in [4.78, 5) is 25.8. The van der Waals surface area contributed by atoms with Crippen molar-refractivity contribution in [3.05, 3.63) is 58.1 Å². The minimum atomic E-state index is -1.10. The molecule has 1 unspecified atom stereocenters. The molecule has 2 bridgehead atoms. The summed E-state index contributed by atoms with van der Waals surface area (Å²) in [5, 5.41) is -0.282. The van der Waals surface area contributed by atoms with Crippen LogP contribution in [-0.4, -0.2) is 23.3 Å². The van der Waals surface area contributed by atoms with Gasteiger partial charge in [-0.25, -0.2) is 8.78 Å². The Labute approximate surface area is 166 Å². The molecule has 6 heteroatoms. The monoisotopic (exact) mass is 404 g/mol. The van der Waals surface area contributed by atoms with Gasteiger partial charge in [-0.2, -0.15) is 0 Å². The number of Topliss-reactive ketones (excluding diaryl/α,β-unsaturated/α-hetero) is 2. The number of halogens is 3. The number of hydrogen-bond acceptors (Lipinski definition) is 3. The maximum atomic E-state index is 14.3. The third-order valence-electron chi connectivity index (χ3n) is 5.85. The molecule has 3 nitrogen and oxygen atoms in total. The number of aryl methyl sites for hydroxylation is 1. The summed E-state index contributed by atoms with van der Waals surface area (Å²) in [5.74, 6) is -3.43. The lowest BCUT2D eigenvalue weighted by Crippen LogP contribution is -2.49. The number of ketones is 2. The molecule has 2 saturated heterocycles. The highest BCUT2D eigenvalue weighted by Crippen LogP contribution is 2.44. The predicted octanol–water partition coefficient (Wildman–Crippen LogP) is 5.02. The second-order valence-corrected chi connectivity index (χ2v) is 7.97. The molecule has 3 atom stereocenters. The zero-order chi connectivity index (χ0) is 20.2. The van der Waals surface area contributed by atoms with Crippen molar-refractivity contribution in [2.45, 2.75) is 50.7 Å². The summed E-state index contributed by atoms with van der Waals surface area (Å²) in [6.07, 6.45) is 1.07. The average molecular weight is 405 g/mol. The van der Waals surface area contributed by atoms with E-state index in [1.165, 1.54) is 12.1 Å². The summed E-state index contributed by atoms with van der Waals surface area (Å²) in [7, 11) is 0. The number of ether oxygens (including phenoxy) is 1. The van der Waals surface area contributed by atoms with Crippen molar-refractivity contribution >= 4 is 23.2 Å². The second kappa shape index (κ2) is 6.75. The average Bonchev–Trinajstić information content (AvgIpc) is 3.06. The molecule has 0 radical (unpaired) electrons. The van der Waals surface area contributed by atoms with Crippen LogP contribution in [0.15, 0.2) is 30.3 Å². The maximum Gasteiger partial charge on any atom is 0.179 e. The van der Waals surface area contributed by atoms with Crippen LogP contribution < -0.4 is 0 Å². The van der Waals surface area contributed by atoms with E-state index in [0.29, 0.717) is 30.4 Å². The third kappa shape index (κ3) is 2.80. The Morgan fingerprint density at radius 3 is 2.64 bits per heavy atom. The number of carbonyl (C=O) groups is 2. The van der Waals surface area contributed by atoms with E-state index in [0.717, 1.165) is 5.56 Å². The largest absolute Gasteiger partial charge is 0.356 e. The Hall–Kier alpha value is -2.11. The standard InChI is InChI=1S/C22H19ClF2O3/c1-3-11-10-12(14-6-7-15(23)19(25)18(14)24)4-5-13(11)17-20(26)16-8-9-22(2,28-16)21(17)27/h4-7,10,16-17H,3,8-9H2,1-2H3/t16-,17?,22+/m0/s1. The van der Waals surface area contributed by atoms with Gasteiger partial charge in [-0.15, -0.1) is 0 Å². The van der Waals surface area contributed by atoms with E-state index >= 15 is 0 Å². The van der Waals surface area contributed by atoms with Crippen LogP contribution in [-0.2, 0) is 20.7 Å². The molecule has 4 rings (SSSR count). The molecule has 2 fully saturated rings. The van der Waals surface area contributed by atoms with Gasteiger partial charge in [-0.1, -0.05) is 36.7 Å². The van der Waals surface area contributed by atoms with Crippen LogP contribution in [0.4, 0.5) is 8.78 Å². The number of fused-ring (bicyclic) bond motifs is 2. The lowest BCUT2D eigenvalue weighted by molar-refractivity contribution is -0.160. The first kappa shape index (κ1) is 19.2. The van der Waals surface area contributed by atoms with Gasteiger partial charge in [-0.3, -0.25) is 9.59 Å².